The summed E-state index contributed by atoms with van der Waals surface area (Å²) in [4.78, 5) is 0. The maximum atomic E-state index is 11.1. The molecular formula is C9H10O3S2. The summed E-state index contributed by atoms with van der Waals surface area (Å²) in [5.41, 5.74) is 0.939. The first-order chi connectivity index (χ1) is 6.64. The van der Waals surface area contributed by atoms with E-state index in [9.17, 15) is 8.42 Å². The molecule has 0 aliphatic carbocycles. The van der Waals surface area contributed by atoms with Crippen LogP contribution < -0.4 is 0 Å². The highest BCUT2D eigenvalue weighted by atomic mass is 33.1. The second-order valence-corrected chi connectivity index (χ2v) is 5.88. The molecule has 0 amide bonds. The van der Waals surface area contributed by atoms with Gasteiger partial charge in [-0.1, -0.05) is 36.9 Å². The number of benzene rings is 1. The van der Waals surface area contributed by atoms with Crippen molar-refractivity contribution in [2.24, 2.45) is 0 Å². The fourth-order valence-electron chi connectivity index (χ4n) is 0.826. The summed E-state index contributed by atoms with van der Waals surface area (Å²) in [6, 6.07) is 9.31. The molecule has 0 aliphatic heterocycles. The quantitative estimate of drug-likeness (QED) is 0.575. The lowest BCUT2D eigenvalue weighted by molar-refractivity contribution is 0.462. The van der Waals surface area contributed by atoms with Gasteiger partial charge in [-0.25, -0.2) is 0 Å². The fraction of sp³-hybridized carbons (Fsp3) is 0.111. The van der Waals surface area contributed by atoms with Crippen LogP contribution in [0.4, 0.5) is 0 Å². The summed E-state index contributed by atoms with van der Waals surface area (Å²) in [6.07, 6.45) is 0.910. The predicted octanol–water partition coefficient (Wildman–Crippen LogP) is 2.32. The van der Waals surface area contributed by atoms with Crippen LogP contribution in [0.25, 0.3) is 0 Å². The first-order valence-electron chi connectivity index (χ1n) is 3.86. The van der Waals surface area contributed by atoms with Gasteiger partial charge in [0.25, 0.3) is 0 Å². The zero-order valence-electron chi connectivity index (χ0n) is 7.42. The van der Waals surface area contributed by atoms with Gasteiger partial charge in [-0.2, -0.15) is 8.42 Å². The maximum absolute atomic E-state index is 11.1. The Hall–Kier alpha value is -0.940. The van der Waals surface area contributed by atoms with Crippen molar-refractivity contribution in [3.63, 3.8) is 0 Å². The summed E-state index contributed by atoms with van der Waals surface area (Å²) in [5.74, 6) is 0.372. The summed E-state index contributed by atoms with van der Waals surface area (Å²) in [6.45, 7) is 3.19. The average Bonchev–Trinajstić information content (AvgIpc) is 2.17. The molecule has 1 rings (SSSR count). The van der Waals surface area contributed by atoms with Crippen LogP contribution in [0.1, 0.15) is 5.56 Å². The molecule has 0 fully saturated rings. The Kier molecular flexibility index (Phi) is 4.03. The van der Waals surface area contributed by atoms with E-state index in [1.165, 1.54) is 0 Å². The molecule has 1 aromatic carbocycles. The first kappa shape index (κ1) is 11.1. The van der Waals surface area contributed by atoms with Gasteiger partial charge in [0.05, 0.1) is 6.26 Å². The van der Waals surface area contributed by atoms with Gasteiger partial charge < -0.3 is 4.18 Å². The van der Waals surface area contributed by atoms with Crippen LogP contribution in [0.2, 0.25) is 0 Å². The molecule has 0 saturated heterocycles. The second kappa shape index (κ2) is 5.07. The standard InChI is InChI=1S/C9H10O3S2/c1-2-12-14(10,11)13-8-9-6-4-3-5-7-9/h2-7H,1,8H2. The molecule has 0 heterocycles. The molecule has 0 bridgehead atoms. The van der Waals surface area contributed by atoms with Crippen molar-refractivity contribution < 1.29 is 12.6 Å². The van der Waals surface area contributed by atoms with E-state index in [0.717, 1.165) is 22.6 Å². The van der Waals surface area contributed by atoms with E-state index in [1.807, 2.05) is 30.3 Å². The van der Waals surface area contributed by atoms with Crippen molar-refractivity contribution in [1.82, 2.24) is 0 Å². The van der Waals surface area contributed by atoms with Crippen molar-refractivity contribution in [1.29, 1.82) is 0 Å². The number of rotatable bonds is 5. The zero-order chi connectivity index (χ0) is 10.4. The van der Waals surface area contributed by atoms with Gasteiger partial charge in [0.1, 0.15) is 0 Å². The van der Waals surface area contributed by atoms with Crippen LogP contribution in [-0.2, 0) is 19.1 Å². The third kappa shape index (κ3) is 3.85. The largest absolute Gasteiger partial charge is 0.383 e. The van der Waals surface area contributed by atoms with Crippen LogP contribution in [-0.4, -0.2) is 8.42 Å². The lowest BCUT2D eigenvalue weighted by Crippen LogP contribution is -1.95. The average molecular weight is 230 g/mol. The van der Waals surface area contributed by atoms with Crippen LogP contribution >= 0.6 is 10.8 Å². The van der Waals surface area contributed by atoms with Crippen LogP contribution in [0.3, 0.4) is 0 Å². The molecular weight excluding hydrogens is 220 g/mol. The SMILES string of the molecule is C=COS(=O)(=O)SCc1ccccc1. The van der Waals surface area contributed by atoms with Crippen molar-refractivity contribution in [3.8, 4) is 0 Å². The van der Waals surface area contributed by atoms with Gasteiger partial charge in [-0.05, 0) is 5.56 Å². The molecule has 5 heteroatoms. The highest BCUT2D eigenvalue weighted by molar-refractivity contribution is 8.69. The van der Waals surface area contributed by atoms with Crippen molar-refractivity contribution in [2.75, 3.05) is 0 Å². The summed E-state index contributed by atoms with van der Waals surface area (Å²) < 4.78 is 26.5. The van der Waals surface area contributed by atoms with Crippen molar-refractivity contribution in [2.45, 2.75) is 5.75 Å². The smallest absolute Gasteiger partial charge is 0.365 e. The van der Waals surface area contributed by atoms with E-state index in [1.54, 1.807) is 0 Å². The maximum Gasteiger partial charge on any atom is 0.365 e. The normalized spacial score (nSPS) is 10.9. The van der Waals surface area contributed by atoms with Gasteiger partial charge >= 0.3 is 9.15 Å². The Morgan fingerprint density at radius 1 is 1.36 bits per heavy atom. The molecule has 0 unspecified atom stereocenters. The topological polar surface area (TPSA) is 43.4 Å². The Bertz CT molecular complexity index is 384. The summed E-state index contributed by atoms with van der Waals surface area (Å²) in [7, 11) is -2.80. The minimum Gasteiger partial charge on any atom is -0.383 e. The Labute approximate surface area is 87.3 Å². The van der Waals surface area contributed by atoms with Gasteiger partial charge in [-0.15, -0.1) is 0 Å². The monoisotopic (exact) mass is 230 g/mol. The van der Waals surface area contributed by atoms with E-state index in [0.29, 0.717) is 5.75 Å². The third-order valence-corrected chi connectivity index (χ3v) is 3.97. The van der Waals surface area contributed by atoms with Crippen LogP contribution in [0, 0.1) is 0 Å². The van der Waals surface area contributed by atoms with E-state index < -0.39 is 9.15 Å². The van der Waals surface area contributed by atoms with Crippen molar-refractivity contribution in [3.05, 3.63) is 48.7 Å². The van der Waals surface area contributed by atoms with Gasteiger partial charge in [0.15, 0.2) is 0 Å². The molecule has 0 N–H and O–H groups in total. The molecule has 0 aliphatic rings. The third-order valence-electron chi connectivity index (χ3n) is 1.40. The molecule has 0 aromatic heterocycles. The lowest BCUT2D eigenvalue weighted by Gasteiger charge is -2.01. The molecule has 76 valence electrons. The number of hydrogen-bond acceptors (Lipinski definition) is 4. The Balaban J connectivity index is 2.53. The summed E-state index contributed by atoms with van der Waals surface area (Å²) >= 11 is 0. The van der Waals surface area contributed by atoms with Gasteiger partial charge in [0.2, 0.25) is 0 Å². The van der Waals surface area contributed by atoms with E-state index >= 15 is 0 Å². The van der Waals surface area contributed by atoms with Gasteiger partial charge in [-0.3, -0.25) is 0 Å². The van der Waals surface area contributed by atoms with E-state index in [2.05, 4.69) is 10.8 Å². The molecule has 14 heavy (non-hydrogen) atoms. The highest BCUT2D eigenvalue weighted by Crippen LogP contribution is 2.20. The number of hydrogen-bond donors (Lipinski definition) is 0. The summed E-state index contributed by atoms with van der Waals surface area (Å²) in [5, 5.41) is 0. The minimum absolute atomic E-state index is 0.372. The highest BCUT2D eigenvalue weighted by Gasteiger charge is 2.10. The van der Waals surface area contributed by atoms with Gasteiger partial charge in [0, 0.05) is 16.5 Å². The first-order valence-corrected chi connectivity index (χ1v) is 6.77. The molecule has 1 aromatic rings. The van der Waals surface area contributed by atoms with E-state index in [-0.39, 0.29) is 0 Å². The van der Waals surface area contributed by atoms with Crippen LogP contribution in [0.5, 0.6) is 0 Å². The van der Waals surface area contributed by atoms with Crippen LogP contribution in [0.15, 0.2) is 43.2 Å². The fourth-order valence-corrected chi connectivity index (χ4v) is 2.70. The Morgan fingerprint density at radius 3 is 2.57 bits per heavy atom. The molecule has 0 atom stereocenters. The predicted molar refractivity (Wildman–Crippen MR) is 57.9 cm³/mol. The zero-order valence-corrected chi connectivity index (χ0v) is 9.05. The molecule has 0 saturated carbocycles. The molecule has 0 spiro atoms. The minimum atomic E-state index is -3.53. The second-order valence-electron chi connectivity index (χ2n) is 2.42. The van der Waals surface area contributed by atoms with E-state index in [4.69, 9.17) is 0 Å². The molecule has 3 nitrogen and oxygen atoms in total. The molecule has 0 radical (unpaired) electrons. The van der Waals surface area contributed by atoms with Crippen molar-refractivity contribution >= 4 is 19.9 Å². The lowest BCUT2D eigenvalue weighted by atomic mass is 10.2. The Morgan fingerprint density at radius 2 is 2.00 bits per heavy atom.